The summed E-state index contributed by atoms with van der Waals surface area (Å²) < 4.78 is 5.43. The molecule has 0 aromatic carbocycles. The largest absolute Gasteiger partial charge is 0.468 e. The smallest absolute Gasteiger partial charge is 0.219 e. The first-order chi connectivity index (χ1) is 10.6. The zero-order valence-electron chi connectivity index (χ0n) is 13.3. The number of amides is 1. The van der Waals surface area contributed by atoms with Gasteiger partial charge in [-0.05, 0) is 43.4 Å². The molecule has 0 bridgehead atoms. The van der Waals surface area contributed by atoms with Crippen LogP contribution in [0.2, 0.25) is 0 Å². The van der Waals surface area contributed by atoms with E-state index in [0.717, 1.165) is 57.7 Å². The van der Waals surface area contributed by atoms with Crippen LogP contribution in [0.5, 0.6) is 0 Å². The first kappa shape index (κ1) is 15.6. The minimum Gasteiger partial charge on any atom is -0.468 e. The van der Waals surface area contributed by atoms with E-state index < -0.39 is 0 Å². The van der Waals surface area contributed by atoms with Crippen LogP contribution >= 0.6 is 0 Å². The van der Waals surface area contributed by atoms with Crippen LogP contribution < -0.4 is 0 Å². The lowest BCUT2D eigenvalue weighted by Gasteiger charge is -2.51. The van der Waals surface area contributed by atoms with Crippen molar-refractivity contribution in [1.82, 2.24) is 9.80 Å². The summed E-state index contributed by atoms with van der Waals surface area (Å²) in [6.45, 7) is 6.32. The van der Waals surface area contributed by atoms with Crippen molar-refractivity contribution in [3.05, 3.63) is 24.2 Å². The van der Waals surface area contributed by atoms with Crippen molar-refractivity contribution in [3.63, 3.8) is 0 Å². The zero-order chi connectivity index (χ0) is 15.6. The second-order valence-corrected chi connectivity index (χ2v) is 6.81. The Hall–Kier alpha value is -1.33. The van der Waals surface area contributed by atoms with E-state index >= 15 is 0 Å². The Bertz CT molecular complexity index is 492. The maximum absolute atomic E-state index is 11.5. The van der Waals surface area contributed by atoms with Crippen LogP contribution in [0.1, 0.15) is 31.9 Å². The average Bonchev–Trinajstić information content (AvgIpc) is 3.03. The number of nitrogens with zero attached hydrogens (tertiary/aromatic N) is 2. The third-order valence-electron chi connectivity index (χ3n) is 5.66. The molecule has 0 saturated carbocycles. The summed E-state index contributed by atoms with van der Waals surface area (Å²) in [5, 5.41) is 9.90. The van der Waals surface area contributed by atoms with Gasteiger partial charge in [0.1, 0.15) is 5.76 Å². The van der Waals surface area contributed by atoms with Crippen LogP contribution in [0.3, 0.4) is 0 Å². The number of furan rings is 1. The second kappa shape index (κ2) is 6.42. The maximum Gasteiger partial charge on any atom is 0.219 e. The minimum atomic E-state index is 0.172. The van der Waals surface area contributed by atoms with E-state index in [4.69, 9.17) is 4.42 Å². The maximum atomic E-state index is 11.5. The number of carbonyl (C=O) groups is 1. The zero-order valence-corrected chi connectivity index (χ0v) is 13.3. The van der Waals surface area contributed by atoms with Crippen molar-refractivity contribution >= 4 is 5.91 Å². The third-order valence-corrected chi connectivity index (χ3v) is 5.66. The van der Waals surface area contributed by atoms with E-state index in [9.17, 15) is 9.90 Å². The van der Waals surface area contributed by atoms with E-state index in [1.165, 1.54) is 0 Å². The second-order valence-electron chi connectivity index (χ2n) is 6.81. The lowest BCUT2D eigenvalue weighted by molar-refractivity contribution is -0.133. The highest BCUT2D eigenvalue weighted by Gasteiger charge is 2.44. The number of rotatable bonds is 3. The standard InChI is InChI=1S/C17H26N2O3/c1-14(21)19-8-5-17(6-9-19)4-7-18(11-15(17)13-20)12-16-3-2-10-22-16/h2-3,10,15,20H,4-9,11-13H2,1H3/t15-/m1/s1. The number of likely N-dealkylation sites (tertiary alicyclic amines) is 2. The number of hydrogen-bond acceptors (Lipinski definition) is 4. The van der Waals surface area contributed by atoms with E-state index in [-0.39, 0.29) is 17.9 Å². The minimum absolute atomic E-state index is 0.172. The molecule has 2 fully saturated rings. The van der Waals surface area contributed by atoms with Crippen LogP contribution in [0, 0.1) is 11.3 Å². The molecule has 2 aliphatic rings. The number of hydrogen-bond donors (Lipinski definition) is 1. The molecular weight excluding hydrogens is 280 g/mol. The van der Waals surface area contributed by atoms with Crippen LogP contribution in [0.25, 0.3) is 0 Å². The molecule has 1 amide bonds. The van der Waals surface area contributed by atoms with Crippen molar-refractivity contribution in [1.29, 1.82) is 0 Å². The summed E-state index contributed by atoms with van der Waals surface area (Å²) in [5.74, 6) is 1.45. The van der Waals surface area contributed by atoms with Crippen molar-refractivity contribution in [3.8, 4) is 0 Å². The van der Waals surface area contributed by atoms with Gasteiger partial charge in [-0.2, -0.15) is 0 Å². The van der Waals surface area contributed by atoms with Gasteiger partial charge in [-0.1, -0.05) is 0 Å². The first-order valence-electron chi connectivity index (χ1n) is 8.24. The van der Waals surface area contributed by atoms with Crippen LogP contribution in [-0.2, 0) is 11.3 Å². The van der Waals surface area contributed by atoms with Gasteiger partial charge in [0.2, 0.25) is 5.91 Å². The topological polar surface area (TPSA) is 56.9 Å². The molecule has 0 aliphatic carbocycles. The molecule has 122 valence electrons. The fourth-order valence-electron chi connectivity index (χ4n) is 4.12. The SMILES string of the molecule is CC(=O)N1CCC2(CCN(Cc3ccco3)C[C@@H]2CO)CC1. The van der Waals surface area contributed by atoms with E-state index in [1.807, 2.05) is 17.0 Å². The fraction of sp³-hybridized carbons (Fsp3) is 0.706. The van der Waals surface area contributed by atoms with Gasteiger partial charge in [0.25, 0.3) is 0 Å². The van der Waals surface area contributed by atoms with Crippen LogP contribution in [0.4, 0.5) is 0 Å². The predicted molar refractivity (Wildman–Crippen MR) is 83.1 cm³/mol. The lowest BCUT2D eigenvalue weighted by atomic mass is 9.64. The number of piperidine rings is 2. The van der Waals surface area contributed by atoms with E-state index in [1.54, 1.807) is 13.2 Å². The van der Waals surface area contributed by atoms with E-state index in [2.05, 4.69) is 4.90 Å². The van der Waals surface area contributed by atoms with E-state index in [0.29, 0.717) is 5.92 Å². The number of aliphatic hydroxyl groups excluding tert-OH is 1. The Morgan fingerprint density at radius 3 is 2.68 bits per heavy atom. The molecule has 0 unspecified atom stereocenters. The Kier molecular flexibility index (Phi) is 4.54. The Morgan fingerprint density at radius 1 is 1.36 bits per heavy atom. The molecule has 1 N–H and O–H groups in total. The van der Waals surface area contributed by atoms with Gasteiger partial charge in [-0.3, -0.25) is 9.69 Å². The highest BCUT2D eigenvalue weighted by Crippen LogP contribution is 2.45. The summed E-state index contributed by atoms with van der Waals surface area (Å²) >= 11 is 0. The molecule has 3 heterocycles. The summed E-state index contributed by atoms with van der Waals surface area (Å²) in [5.41, 5.74) is 0.209. The predicted octanol–water partition coefficient (Wildman–Crippen LogP) is 1.72. The Balaban J connectivity index is 1.62. The molecule has 1 aromatic heterocycles. The summed E-state index contributed by atoms with van der Waals surface area (Å²) in [6.07, 6.45) is 4.85. The molecule has 2 aliphatic heterocycles. The Labute approximate surface area is 131 Å². The van der Waals surface area contributed by atoms with Crippen molar-refractivity contribution in [2.45, 2.75) is 32.7 Å². The van der Waals surface area contributed by atoms with Crippen molar-refractivity contribution < 1.29 is 14.3 Å². The summed E-state index contributed by atoms with van der Waals surface area (Å²) in [4.78, 5) is 15.8. The summed E-state index contributed by atoms with van der Waals surface area (Å²) in [6, 6.07) is 3.92. The molecule has 1 spiro atoms. The molecule has 22 heavy (non-hydrogen) atoms. The van der Waals surface area contributed by atoms with Crippen molar-refractivity contribution in [2.75, 3.05) is 32.8 Å². The molecule has 3 rings (SSSR count). The highest BCUT2D eigenvalue weighted by molar-refractivity contribution is 5.73. The number of carbonyl (C=O) groups excluding carboxylic acids is 1. The Morgan fingerprint density at radius 2 is 2.09 bits per heavy atom. The average molecular weight is 306 g/mol. The normalized spacial score (nSPS) is 25.5. The summed E-state index contributed by atoms with van der Waals surface area (Å²) in [7, 11) is 0. The van der Waals surface area contributed by atoms with Gasteiger partial charge in [0.15, 0.2) is 0 Å². The monoisotopic (exact) mass is 306 g/mol. The molecule has 1 atom stereocenters. The first-order valence-corrected chi connectivity index (χ1v) is 8.24. The van der Waals surface area contributed by atoms with Crippen LogP contribution in [0.15, 0.2) is 22.8 Å². The van der Waals surface area contributed by atoms with Gasteiger partial charge >= 0.3 is 0 Å². The third kappa shape index (κ3) is 3.06. The van der Waals surface area contributed by atoms with Crippen molar-refractivity contribution in [2.24, 2.45) is 11.3 Å². The molecule has 5 heteroatoms. The number of aliphatic hydroxyl groups is 1. The van der Waals surface area contributed by atoms with Gasteiger partial charge in [0, 0.05) is 39.1 Å². The molecular formula is C17H26N2O3. The van der Waals surface area contributed by atoms with Gasteiger partial charge in [0.05, 0.1) is 12.8 Å². The molecule has 2 saturated heterocycles. The van der Waals surface area contributed by atoms with Crippen LogP contribution in [-0.4, -0.2) is 53.6 Å². The highest BCUT2D eigenvalue weighted by atomic mass is 16.3. The fourth-order valence-corrected chi connectivity index (χ4v) is 4.12. The lowest BCUT2D eigenvalue weighted by Crippen LogP contribution is -2.53. The molecule has 1 aromatic rings. The van der Waals surface area contributed by atoms with Gasteiger partial charge < -0.3 is 14.4 Å². The van der Waals surface area contributed by atoms with Gasteiger partial charge in [-0.15, -0.1) is 0 Å². The molecule has 0 radical (unpaired) electrons. The molecule has 5 nitrogen and oxygen atoms in total. The van der Waals surface area contributed by atoms with Gasteiger partial charge in [-0.25, -0.2) is 0 Å². The quantitative estimate of drug-likeness (QED) is 0.924.